The number of hydrogen-bond acceptors (Lipinski definition) is 5. The summed E-state index contributed by atoms with van der Waals surface area (Å²) in [5.41, 5.74) is 0. The molecule has 1 aromatic heterocycles. The van der Waals surface area contributed by atoms with Gasteiger partial charge in [0.25, 0.3) is 0 Å². The molecule has 0 saturated heterocycles. The lowest BCUT2D eigenvalue weighted by Crippen LogP contribution is -2.35. The quantitative estimate of drug-likeness (QED) is 0.730. The minimum atomic E-state index is 0.391. The van der Waals surface area contributed by atoms with Crippen molar-refractivity contribution in [3.05, 3.63) is 5.82 Å². The molecule has 0 unspecified atom stereocenters. The van der Waals surface area contributed by atoms with Crippen LogP contribution in [0.5, 0.6) is 0 Å². The Balaban J connectivity index is 1.88. The van der Waals surface area contributed by atoms with E-state index in [9.17, 15) is 4.79 Å². The van der Waals surface area contributed by atoms with E-state index in [2.05, 4.69) is 27.4 Å². The van der Waals surface area contributed by atoms with Crippen LogP contribution in [0.2, 0.25) is 0 Å². The summed E-state index contributed by atoms with van der Waals surface area (Å²) in [5.74, 6) is 1.13. The predicted octanol–water partition coefficient (Wildman–Crippen LogP) is 0.154. The normalized spacial score (nSPS) is 18.3. The first-order valence-corrected chi connectivity index (χ1v) is 5.60. The Morgan fingerprint density at radius 3 is 2.69 bits per heavy atom. The molecule has 0 amide bonds. The van der Waals surface area contributed by atoms with Gasteiger partial charge in [0.1, 0.15) is 5.78 Å². The number of Topliss-reactive ketones (excluding diaryl/α,β-unsaturated/α-hetero) is 1. The van der Waals surface area contributed by atoms with Crippen LogP contribution in [0.15, 0.2) is 0 Å². The number of rotatable bonds is 3. The number of aromatic nitrogens is 4. The lowest BCUT2D eigenvalue weighted by molar-refractivity contribution is -0.121. The molecule has 0 radical (unpaired) electrons. The summed E-state index contributed by atoms with van der Waals surface area (Å²) >= 11 is 0. The number of carbonyl (C=O) groups is 1. The van der Waals surface area contributed by atoms with Crippen molar-refractivity contribution in [1.82, 2.24) is 25.1 Å². The van der Waals surface area contributed by atoms with Gasteiger partial charge < -0.3 is 0 Å². The predicted molar refractivity (Wildman–Crippen MR) is 57.5 cm³/mol. The molecule has 6 nitrogen and oxygen atoms in total. The minimum Gasteiger partial charge on any atom is -0.300 e. The zero-order valence-corrected chi connectivity index (χ0v) is 9.76. The Labute approximate surface area is 94.6 Å². The van der Waals surface area contributed by atoms with E-state index in [1.54, 1.807) is 7.05 Å². The first kappa shape index (κ1) is 11.2. The van der Waals surface area contributed by atoms with Gasteiger partial charge in [0.2, 0.25) is 0 Å². The zero-order chi connectivity index (χ0) is 11.5. The van der Waals surface area contributed by atoms with Crippen molar-refractivity contribution >= 4 is 5.78 Å². The summed E-state index contributed by atoms with van der Waals surface area (Å²) in [5, 5.41) is 11.9. The van der Waals surface area contributed by atoms with Crippen LogP contribution in [-0.4, -0.2) is 44.0 Å². The van der Waals surface area contributed by atoms with Crippen LogP contribution in [0.4, 0.5) is 0 Å². The van der Waals surface area contributed by atoms with Crippen molar-refractivity contribution in [3.63, 3.8) is 0 Å². The van der Waals surface area contributed by atoms with E-state index in [-0.39, 0.29) is 0 Å². The summed E-state index contributed by atoms with van der Waals surface area (Å²) in [4.78, 5) is 14.8. The Morgan fingerprint density at radius 1 is 1.44 bits per heavy atom. The van der Waals surface area contributed by atoms with Gasteiger partial charge in [0.15, 0.2) is 5.82 Å². The molecular weight excluding hydrogens is 206 g/mol. The summed E-state index contributed by atoms with van der Waals surface area (Å²) in [6.45, 7) is 0.701. The van der Waals surface area contributed by atoms with E-state index in [0.717, 1.165) is 18.7 Å². The number of hydrogen-bond donors (Lipinski definition) is 0. The van der Waals surface area contributed by atoms with Gasteiger partial charge in [-0.15, -0.1) is 10.2 Å². The lowest BCUT2D eigenvalue weighted by Gasteiger charge is -2.29. The van der Waals surface area contributed by atoms with Crippen LogP contribution in [0.1, 0.15) is 31.5 Å². The third-order valence-corrected chi connectivity index (χ3v) is 3.08. The van der Waals surface area contributed by atoms with E-state index in [1.807, 2.05) is 0 Å². The van der Waals surface area contributed by atoms with E-state index >= 15 is 0 Å². The largest absolute Gasteiger partial charge is 0.300 e. The van der Waals surface area contributed by atoms with Crippen LogP contribution in [0.25, 0.3) is 0 Å². The average molecular weight is 223 g/mol. The molecule has 0 spiro atoms. The molecule has 0 aliphatic heterocycles. The monoisotopic (exact) mass is 223 g/mol. The fraction of sp³-hybridized carbons (Fsp3) is 0.800. The molecule has 1 saturated carbocycles. The van der Waals surface area contributed by atoms with Crippen molar-refractivity contribution in [3.8, 4) is 0 Å². The first-order valence-electron chi connectivity index (χ1n) is 5.60. The Hall–Kier alpha value is -1.30. The number of tetrazole rings is 1. The van der Waals surface area contributed by atoms with E-state index < -0.39 is 0 Å². The van der Waals surface area contributed by atoms with Gasteiger partial charge in [-0.1, -0.05) is 0 Å². The molecule has 1 aliphatic rings. The molecule has 0 atom stereocenters. The fourth-order valence-electron chi connectivity index (χ4n) is 2.10. The molecule has 88 valence electrons. The summed E-state index contributed by atoms with van der Waals surface area (Å²) < 4.78 is 0. The molecule has 0 N–H and O–H groups in total. The molecule has 2 rings (SSSR count). The Bertz CT molecular complexity index is 365. The van der Waals surface area contributed by atoms with Gasteiger partial charge >= 0.3 is 0 Å². The third-order valence-electron chi connectivity index (χ3n) is 3.08. The highest BCUT2D eigenvalue weighted by molar-refractivity contribution is 5.79. The van der Waals surface area contributed by atoms with Crippen molar-refractivity contribution < 1.29 is 4.79 Å². The van der Waals surface area contributed by atoms with Crippen molar-refractivity contribution in [1.29, 1.82) is 0 Å². The van der Waals surface area contributed by atoms with Crippen LogP contribution < -0.4 is 0 Å². The molecule has 1 fully saturated rings. The summed E-state index contributed by atoms with van der Waals surface area (Å²) in [6, 6.07) is 0.474. The molecule has 6 heteroatoms. The second-order valence-corrected chi connectivity index (χ2v) is 4.38. The number of aryl methyl sites for hydroxylation is 1. The maximum Gasteiger partial charge on any atom is 0.188 e. The highest BCUT2D eigenvalue weighted by Gasteiger charge is 2.22. The Morgan fingerprint density at radius 2 is 2.12 bits per heavy atom. The molecule has 1 aliphatic carbocycles. The summed E-state index contributed by atoms with van der Waals surface area (Å²) in [6.07, 6.45) is 3.33. The number of ketones is 1. The number of carbonyl (C=O) groups excluding carboxylic acids is 1. The third kappa shape index (κ3) is 2.63. The second kappa shape index (κ2) is 4.69. The van der Waals surface area contributed by atoms with E-state index in [1.165, 1.54) is 4.80 Å². The summed E-state index contributed by atoms with van der Waals surface area (Å²) in [7, 11) is 3.81. The van der Waals surface area contributed by atoms with Crippen molar-refractivity contribution in [2.75, 3.05) is 7.05 Å². The average Bonchev–Trinajstić information content (AvgIpc) is 2.65. The number of nitrogens with zero attached hydrogens (tertiary/aromatic N) is 5. The highest BCUT2D eigenvalue weighted by Crippen LogP contribution is 2.20. The van der Waals surface area contributed by atoms with Crippen molar-refractivity contribution in [2.24, 2.45) is 7.05 Å². The molecule has 0 bridgehead atoms. The van der Waals surface area contributed by atoms with Gasteiger partial charge in [0, 0.05) is 18.9 Å². The minimum absolute atomic E-state index is 0.391. The fourth-order valence-corrected chi connectivity index (χ4v) is 2.10. The van der Waals surface area contributed by atoms with Gasteiger partial charge in [-0.3, -0.25) is 9.69 Å². The topological polar surface area (TPSA) is 63.9 Å². The molecule has 16 heavy (non-hydrogen) atoms. The molecular formula is C10H17N5O. The van der Waals surface area contributed by atoms with Gasteiger partial charge in [-0.2, -0.15) is 4.80 Å². The van der Waals surface area contributed by atoms with Gasteiger partial charge in [0.05, 0.1) is 13.6 Å². The SMILES string of the molecule is CN(Cc1nnn(C)n1)C1CCC(=O)CC1. The lowest BCUT2D eigenvalue weighted by atomic mass is 9.93. The van der Waals surface area contributed by atoms with Crippen LogP contribution in [0, 0.1) is 0 Å². The van der Waals surface area contributed by atoms with Crippen LogP contribution in [-0.2, 0) is 18.4 Å². The van der Waals surface area contributed by atoms with Gasteiger partial charge in [-0.25, -0.2) is 0 Å². The van der Waals surface area contributed by atoms with Crippen molar-refractivity contribution in [2.45, 2.75) is 38.3 Å². The zero-order valence-electron chi connectivity index (χ0n) is 9.76. The van der Waals surface area contributed by atoms with Gasteiger partial charge in [-0.05, 0) is 25.1 Å². The second-order valence-electron chi connectivity index (χ2n) is 4.38. The van der Waals surface area contributed by atoms with Crippen LogP contribution >= 0.6 is 0 Å². The maximum absolute atomic E-state index is 11.1. The maximum atomic E-state index is 11.1. The van der Waals surface area contributed by atoms with E-state index in [4.69, 9.17) is 0 Å². The molecule has 1 aromatic rings. The van der Waals surface area contributed by atoms with Crippen LogP contribution in [0.3, 0.4) is 0 Å². The highest BCUT2D eigenvalue weighted by atomic mass is 16.1. The standard InChI is InChI=1S/C10H17N5O/c1-14(7-10-11-13-15(2)12-10)8-3-5-9(16)6-4-8/h8H,3-7H2,1-2H3. The Kier molecular flexibility index (Phi) is 3.28. The van der Waals surface area contributed by atoms with E-state index in [0.29, 0.717) is 31.2 Å². The first-order chi connectivity index (χ1) is 7.65. The molecule has 1 heterocycles. The smallest absolute Gasteiger partial charge is 0.188 e. The molecule has 0 aromatic carbocycles.